The second-order valence-corrected chi connectivity index (χ2v) is 4.57. The van der Waals surface area contributed by atoms with Gasteiger partial charge in [0.25, 0.3) is 5.89 Å². The third-order valence-corrected chi connectivity index (χ3v) is 2.93. The number of aromatic nitrogens is 2. The monoisotopic (exact) mass is 256 g/mol. The molecule has 0 saturated heterocycles. The highest BCUT2D eigenvalue weighted by Gasteiger charge is 2.17. The highest BCUT2D eigenvalue weighted by molar-refractivity contribution is 6.17. The van der Waals surface area contributed by atoms with Crippen LogP contribution in [0.1, 0.15) is 37.1 Å². The maximum absolute atomic E-state index is 11.2. The minimum atomic E-state index is -0.161. The van der Waals surface area contributed by atoms with Gasteiger partial charge in [-0.1, -0.05) is 43.8 Å². The van der Waals surface area contributed by atoms with Crippen molar-refractivity contribution in [2.45, 2.75) is 26.2 Å². The van der Waals surface area contributed by atoms with E-state index in [1.165, 1.54) is 12.5 Å². The van der Waals surface area contributed by atoms with Gasteiger partial charge in [0, 0.05) is 5.92 Å². The summed E-state index contributed by atoms with van der Waals surface area (Å²) in [5, 5.41) is 7.85. The third kappa shape index (κ3) is 3.16. The highest BCUT2D eigenvalue weighted by Crippen LogP contribution is 2.21. The van der Waals surface area contributed by atoms with E-state index in [-0.39, 0.29) is 23.2 Å². The molecule has 19 heavy (non-hydrogen) atoms. The molecule has 0 amide bonds. The Morgan fingerprint density at radius 1 is 1.32 bits per heavy atom. The average Bonchev–Trinajstić information content (AvgIpc) is 2.88. The molecule has 2 aromatic rings. The van der Waals surface area contributed by atoms with Gasteiger partial charge in [0.2, 0.25) is 5.89 Å². The van der Waals surface area contributed by atoms with Crippen molar-refractivity contribution in [2.75, 3.05) is 0 Å². The molecular formula is C15H16N2O2. The van der Waals surface area contributed by atoms with Crippen LogP contribution >= 0.6 is 0 Å². The molecule has 0 spiro atoms. The lowest BCUT2D eigenvalue weighted by Crippen LogP contribution is -1.98. The van der Waals surface area contributed by atoms with Gasteiger partial charge in [-0.25, -0.2) is 0 Å². The number of benzene rings is 1. The Hall–Kier alpha value is -2.23. The predicted molar refractivity (Wildman–Crippen MR) is 72.6 cm³/mol. The van der Waals surface area contributed by atoms with Crippen molar-refractivity contribution in [1.29, 1.82) is 0 Å². The predicted octanol–water partition coefficient (Wildman–Crippen LogP) is 3.02. The van der Waals surface area contributed by atoms with E-state index in [9.17, 15) is 4.79 Å². The first kappa shape index (κ1) is 13.2. The molecule has 0 aliphatic rings. The van der Waals surface area contributed by atoms with Crippen LogP contribution in [0.2, 0.25) is 0 Å². The molecule has 1 aromatic heterocycles. The van der Waals surface area contributed by atoms with Gasteiger partial charge in [-0.2, -0.15) is 0 Å². The molecule has 0 bridgehead atoms. The molecule has 0 aliphatic carbocycles. The fourth-order valence-electron chi connectivity index (χ4n) is 1.76. The second kappa shape index (κ2) is 5.61. The molecule has 1 aromatic carbocycles. The number of hydrogen-bond acceptors (Lipinski definition) is 4. The van der Waals surface area contributed by atoms with Crippen LogP contribution in [0.3, 0.4) is 0 Å². The van der Waals surface area contributed by atoms with Crippen molar-refractivity contribution < 1.29 is 9.21 Å². The Morgan fingerprint density at radius 3 is 2.63 bits per heavy atom. The Balaban J connectivity index is 2.10. The SMILES string of the molecule is C=C(C(C)=O)c1nnc(C(C)Cc2ccccc2)o1. The van der Waals surface area contributed by atoms with Crippen molar-refractivity contribution in [2.24, 2.45) is 0 Å². The number of rotatable bonds is 5. The van der Waals surface area contributed by atoms with Gasteiger partial charge in [0.1, 0.15) is 0 Å². The third-order valence-electron chi connectivity index (χ3n) is 2.93. The van der Waals surface area contributed by atoms with Gasteiger partial charge in [0.15, 0.2) is 5.78 Å². The highest BCUT2D eigenvalue weighted by atomic mass is 16.4. The summed E-state index contributed by atoms with van der Waals surface area (Å²) in [6, 6.07) is 10.1. The fraction of sp³-hybridized carbons (Fsp3) is 0.267. The van der Waals surface area contributed by atoms with Crippen molar-refractivity contribution in [1.82, 2.24) is 10.2 Å². The van der Waals surface area contributed by atoms with Crippen molar-refractivity contribution >= 4 is 11.4 Å². The number of nitrogens with zero attached hydrogens (tertiary/aromatic N) is 2. The van der Waals surface area contributed by atoms with Crippen LogP contribution in [-0.2, 0) is 11.2 Å². The molecule has 1 heterocycles. The van der Waals surface area contributed by atoms with Crippen LogP contribution in [0.5, 0.6) is 0 Å². The van der Waals surface area contributed by atoms with Gasteiger partial charge in [-0.15, -0.1) is 10.2 Å². The number of carbonyl (C=O) groups excluding carboxylic acids is 1. The molecule has 0 radical (unpaired) electrons. The number of carbonyl (C=O) groups is 1. The summed E-state index contributed by atoms with van der Waals surface area (Å²) in [6.07, 6.45) is 0.815. The normalized spacial score (nSPS) is 12.1. The molecule has 2 rings (SSSR count). The molecule has 98 valence electrons. The van der Waals surface area contributed by atoms with Gasteiger partial charge in [-0.3, -0.25) is 4.79 Å². The Morgan fingerprint density at radius 2 is 2.00 bits per heavy atom. The molecule has 4 heteroatoms. The molecule has 0 fully saturated rings. The largest absolute Gasteiger partial charge is 0.420 e. The number of Topliss-reactive ketones (excluding diaryl/α,β-unsaturated/α-hetero) is 1. The first-order chi connectivity index (χ1) is 9.08. The summed E-state index contributed by atoms with van der Waals surface area (Å²) in [7, 11) is 0. The molecule has 0 N–H and O–H groups in total. The Labute approximate surface area is 112 Å². The van der Waals surface area contributed by atoms with E-state index < -0.39 is 0 Å². The van der Waals surface area contributed by atoms with E-state index >= 15 is 0 Å². The summed E-state index contributed by atoms with van der Waals surface area (Å²) in [5.41, 5.74) is 1.46. The average molecular weight is 256 g/mol. The lowest BCUT2D eigenvalue weighted by atomic mass is 10.0. The van der Waals surface area contributed by atoms with Crippen LogP contribution in [0.15, 0.2) is 41.3 Å². The van der Waals surface area contributed by atoms with E-state index in [2.05, 4.69) is 28.9 Å². The van der Waals surface area contributed by atoms with E-state index in [0.29, 0.717) is 5.89 Å². The number of allylic oxidation sites excluding steroid dienone is 1. The van der Waals surface area contributed by atoms with E-state index in [4.69, 9.17) is 4.42 Å². The van der Waals surface area contributed by atoms with Crippen LogP contribution in [-0.4, -0.2) is 16.0 Å². The zero-order chi connectivity index (χ0) is 13.8. The maximum atomic E-state index is 11.2. The van der Waals surface area contributed by atoms with E-state index in [0.717, 1.165) is 6.42 Å². The Bertz CT molecular complexity index is 587. The molecular weight excluding hydrogens is 240 g/mol. The molecule has 1 unspecified atom stereocenters. The van der Waals surface area contributed by atoms with Crippen LogP contribution in [0.25, 0.3) is 5.57 Å². The summed E-state index contributed by atoms with van der Waals surface area (Å²) >= 11 is 0. The second-order valence-electron chi connectivity index (χ2n) is 4.57. The van der Waals surface area contributed by atoms with Crippen molar-refractivity contribution in [3.05, 3.63) is 54.3 Å². The van der Waals surface area contributed by atoms with Crippen LogP contribution in [0.4, 0.5) is 0 Å². The fourth-order valence-corrected chi connectivity index (χ4v) is 1.76. The molecule has 1 atom stereocenters. The topological polar surface area (TPSA) is 56.0 Å². The zero-order valence-corrected chi connectivity index (χ0v) is 11.1. The van der Waals surface area contributed by atoms with E-state index in [1.54, 1.807) is 0 Å². The van der Waals surface area contributed by atoms with Gasteiger partial charge in [-0.05, 0) is 18.9 Å². The standard InChI is InChI=1S/C15H16N2O2/c1-10(9-13-7-5-4-6-8-13)14-16-17-15(19-14)11(2)12(3)18/h4-8,10H,2,9H2,1,3H3. The molecule has 0 saturated carbocycles. The minimum absolute atomic E-state index is 0.100. The van der Waals surface area contributed by atoms with Crippen LogP contribution < -0.4 is 0 Å². The van der Waals surface area contributed by atoms with Crippen LogP contribution in [0, 0.1) is 0 Å². The summed E-state index contributed by atoms with van der Waals surface area (Å²) in [4.78, 5) is 11.2. The number of ketones is 1. The first-order valence-corrected chi connectivity index (χ1v) is 6.15. The lowest BCUT2D eigenvalue weighted by Gasteiger charge is -2.06. The minimum Gasteiger partial charge on any atom is -0.420 e. The maximum Gasteiger partial charge on any atom is 0.250 e. The summed E-state index contributed by atoms with van der Waals surface area (Å²) < 4.78 is 5.50. The zero-order valence-electron chi connectivity index (χ0n) is 11.1. The smallest absolute Gasteiger partial charge is 0.250 e. The molecule has 4 nitrogen and oxygen atoms in total. The number of hydrogen-bond donors (Lipinski definition) is 0. The molecule has 0 aliphatic heterocycles. The summed E-state index contributed by atoms with van der Waals surface area (Å²) in [6.45, 7) is 7.08. The van der Waals surface area contributed by atoms with Crippen molar-refractivity contribution in [3.8, 4) is 0 Å². The van der Waals surface area contributed by atoms with Crippen molar-refractivity contribution in [3.63, 3.8) is 0 Å². The van der Waals surface area contributed by atoms with E-state index in [1.807, 2.05) is 25.1 Å². The first-order valence-electron chi connectivity index (χ1n) is 6.15. The van der Waals surface area contributed by atoms with Gasteiger partial charge < -0.3 is 4.42 Å². The van der Waals surface area contributed by atoms with Gasteiger partial charge in [0.05, 0.1) is 5.57 Å². The van der Waals surface area contributed by atoms with Gasteiger partial charge >= 0.3 is 0 Å². The summed E-state index contributed by atoms with van der Waals surface area (Å²) in [5.74, 6) is 0.679. The lowest BCUT2D eigenvalue weighted by molar-refractivity contribution is -0.111. The quantitative estimate of drug-likeness (QED) is 0.771. The Kier molecular flexibility index (Phi) is 3.90.